The molecule has 0 bridgehead atoms. The zero-order chi connectivity index (χ0) is 9.03. The second-order valence-electron chi connectivity index (χ2n) is 2.26. The van der Waals surface area contributed by atoms with Crippen molar-refractivity contribution in [3.05, 3.63) is 37.2 Å². The van der Waals surface area contributed by atoms with E-state index in [1.165, 1.54) is 24.5 Å². The Morgan fingerprint density at radius 1 is 1.58 bits per heavy atom. The number of hydrogen-bond acceptors (Lipinski definition) is 3. The van der Waals surface area contributed by atoms with Gasteiger partial charge in [0.2, 0.25) is 0 Å². The van der Waals surface area contributed by atoms with Gasteiger partial charge >= 0.3 is 0 Å². The van der Waals surface area contributed by atoms with Gasteiger partial charge in [0.05, 0.1) is 10.6 Å². The summed E-state index contributed by atoms with van der Waals surface area (Å²) in [4.78, 5) is 3.96. The number of sulfone groups is 1. The Kier molecular flexibility index (Phi) is 2.60. The predicted molar refractivity (Wildman–Crippen MR) is 46.5 cm³/mol. The summed E-state index contributed by atoms with van der Waals surface area (Å²) in [6, 6.07) is 3.11. The van der Waals surface area contributed by atoms with Crippen LogP contribution in [0, 0.1) is 0 Å². The molecule has 1 aromatic heterocycles. The lowest BCUT2D eigenvalue weighted by Gasteiger charge is -1.98. The van der Waals surface area contributed by atoms with Crippen LogP contribution in [0.15, 0.2) is 42.1 Å². The van der Waals surface area contributed by atoms with Crippen molar-refractivity contribution in [3.63, 3.8) is 0 Å². The summed E-state index contributed by atoms with van der Waals surface area (Å²) in [5, 5.41) is 0. The molecule has 0 amide bonds. The van der Waals surface area contributed by atoms with Crippen molar-refractivity contribution in [2.75, 3.05) is 5.75 Å². The van der Waals surface area contributed by atoms with Crippen LogP contribution in [0.25, 0.3) is 0 Å². The Labute approximate surface area is 71.7 Å². The number of nitrogens with zero attached hydrogens (tertiary/aromatic N) is 1. The molecule has 0 unspecified atom stereocenters. The van der Waals surface area contributed by atoms with E-state index < -0.39 is 9.84 Å². The third-order valence-electron chi connectivity index (χ3n) is 1.33. The van der Waals surface area contributed by atoms with Crippen molar-refractivity contribution in [2.45, 2.75) is 4.90 Å². The molecule has 0 aliphatic heterocycles. The van der Waals surface area contributed by atoms with E-state index >= 15 is 0 Å². The van der Waals surface area contributed by atoms with Gasteiger partial charge in [-0.2, -0.15) is 0 Å². The molecule has 12 heavy (non-hydrogen) atoms. The molecule has 0 N–H and O–H groups in total. The molecule has 0 saturated carbocycles. The Balaban J connectivity index is 3.07. The number of aromatic nitrogens is 1. The van der Waals surface area contributed by atoms with Crippen molar-refractivity contribution in [1.82, 2.24) is 4.98 Å². The molecule has 0 radical (unpaired) electrons. The summed E-state index contributed by atoms with van der Waals surface area (Å²) < 4.78 is 22.6. The van der Waals surface area contributed by atoms with Gasteiger partial charge in [-0.25, -0.2) is 8.42 Å². The number of pyridine rings is 1. The van der Waals surface area contributed by atoms with Crippen LogP contribution in [0.1, 0.15) is 0 Å². The molecule has 4 heteroatoms. The maximum atomic E-state index is 11.3. The molecular formula is C8H9NO2S. The Morgan fingerprint density at radius 3 is 2.83 bits per heavy atom. The van der Waals surface area contributed by atoms with Gasteiger partial charge in [0, 0.05) is 12.4 Å². The molecule has 64 valence electrons. The van der Waals surface area contributed by atoms with Crippen molar-refractivity contribution in [3.8, 4) is 0 Å². The Hall–Kier alpha value is -1.16. The Morgan fingerprint density at radius 2 is 2.33 bits per heavy atom. The second-order valence-corrected chi connectivity index (χ2v) is 4.29. The average molecular weight is 183 g/mol. The minimum absolute atomic E-state index is 0.0430. The van der Waals surface area contributed by atoms with E-state index in [9.17, 15) is 8.42 Å². The highest BCUT2D eigenvalue weighted by Gasteiger charge is 2.10. The first kappa shape index (κ1) is 8.93. The van der Waals surface area contributed by atoms with Crippen molar-refractivity contribution >= 4 is 9.84 Å². The first-order chi connectivity index (χ1) is 5.67. The average Bonchev–Trinajstić information content (AvgIpc) is 2.06. The van der Waals surface area contributed by atoms with Gasteiger partial charge in [0.15, 0.2) is 9.84 Å². The fraction of sp³-hybridized carbons (Fsp3) is 0.125. The van der Waals surface area contributed by atoms with E-state index in [2.05, 4.69) is 11.6 Å². The molecular weight excluding hydrogens is 174 g/mol. The zero-order valence-electron chi connectivity index (χ0n) is 6.47. The zero-order valence-corrected chi connectivity index (χ0v) is 7.29. The van der Waals surface area contributed by atoms with Crippen molar-refractivity contribution in [1.29, 1.82) is 0 Å². The molecule has 0 aromatic carbocycles. The topological polar surface area (TPSA) is 47.0 Å². The molecule has 0 spiro atoms. The normalized spacial score (nSPS) is 11.0. The molecule has 1 rings (SSSR count). The summed E-state index contributed by atoms with van der Waals surface area (Å²) in [5.41, 5.74) is 0. The van der Waals surface area contributed by atoms with Gasteiger partial charge in [0.25, 0.3) is 0 Å². The molecule has 1 aromatic rings. The third kappa shape index (κ3) is 1.92. The van der Waals surface area contributed by atoms with Gasteiger partial charge in [-0.1, -0.05) is 6.08 Å². The lowest BCUT2D eigenvalue weighted by molar-refractivity contribution is 0.598. The van der Waals surface area contributed by atoms with Crippen LogP contribution in [-0.2, 0) is 9.84 Å². The monoisotopic (exact) mass is 183 g/mol. The highest BCUT2D eigenvalue weighted by atomic mass is 32.2. The first-order valence-corrected chi connectivity index (χ1v) is 5.06. The second kappa shape index (κ2) is 3.49. The minimum Gasteiger partial charge on any atom is -0.263 e. The van der Waals surface area contributed by atoms with Gasteiger partial charge in [-0.15, -0.1) is 6.58 Å². The third-order valence-corrected chi connectivity index (χ3v) is 2.97. The Bertz CT molecular complexity index is 356. The van der Waals surface area contributed by atoms with E-state index in [4.69, 9.17) is 0 Å². The van der Waals surface area contributed by atoms with E-state index in [1.807, 2.05) is 0 Å². The quantitative estimate of drug-likeness (QED) is 0.658. The molecule has 0 fully saturated rings. The maximum Gasteiger partial charge on any atom is 0.183 e. The van der Waals surface area contributed by atoms with Crippen molar-refractivity contribution in [2.24, 2.45) is 0 Å². The molecule has 1 heterocycles. The molecule has 0 aliphatic rings. The highest BCUT2D eigenvalue weighted by Crippen LogP contribution is 2.07. The SMILES string of the molecule is C=CCS(=O)(=O)c1cccnc1. The minimum atomic E-state index is -3.19. The predicted octanol–water partition coefficient (Wildman–Crippen LogP) is 1.04. The van der Waals surface area contributed by atoms with Crippen LogP contribution >= 0.6 is 0 Å². The number of rotatable bonds is 3. The van der Waals surface area contributed by atoms with Gasteiger partial charge < -0.3 is 0 Å². The van der Waals surface area contributed by atoms with E-state index in [1.54, 1.807) is 6.07 Å². The van der Waals surface area contributed by atoms with Crippen LogP contribution in [0.3, 0.4) is 0 Å². The van der Waals surface area contributed by atoms with E-state index in [0.717, 1.165) is 0 Å². The fourth-order valence-corrected chi connectivity index (χ4v) is 1.79. The van der Waals surface area contributed by atoms with Gasteiger partial charge in [-0.05, 0) is 12.1 Å². The van der Waals surface area contributed by atoms with Gasteiger partial charge in [-0.3, -0.25) is 4.98 Å². The van der Waals surface area contributed by atoms with Crippen LogP contribution in [0.4, 0.5) is 0 Å². The smallest absolute Gasteiger partial charge is 0.183 e. The summed E-state index contributed by atoms with van der Waals surface area (Å²) in [5.74, 6) is -0.0430. The van der Waals surface area contributed by atoms with E-state index in [0.29, 0.717) is 0 Å². The highest BCUT2D eigenvalue weighted by molar-refractivity contribution is 7.91. The van der Waals surface area contributed by atoms with Crippen LogP contribution in [0.2, 0.25) is 0 Å². The number of hydrogen-bond donors (Lipinski definition) is 0. The maximum absolute atomic E-state index is 11.3. The molecule has 0 aliphatic carbocycles. The summed E-state index contributed by atoms with van der Waals surface area (Å²) in [6.07, 6.45) is 4.23. The van der Waals surface area contributed by atoms with Crippen LogP contribution in [-0.4, -0.2) is 19.2 Å². The lowest BCUT2D eigenvalue weighted by atomic mass is 10.5. The summed E-state index contributed by atoms with van der Waals surface area (Å²) in [6.45, 7) is 3.37. The molecule has 0 atom stereocenters. The molecule has 3 nitrogen and oxygen atoms in total. The molecule has 0 saturated heterocycles. The summed E-state index contributed by atoms with van der Waals surface area (Å²) in [7, 11) is -3.19. The van der Waals surface area contributed by atoms with Crippen LogP contribution in [0.5, 0.6) is 0 Å². The lowest BCUT2D eigenvalue weighted by Crippen LogP contribution is -2.04. The van der Waals surface area contributed by atoms with Gasteiger partial charge in [0.1, 0.15) is 0 Å². The van der Waals surface area contributed by atoms with E-state index in [-0.39, 0.29) is 10.6 Å². The standard InChI is InChI=1S/C8H9NO2S/c1-2-6-12(10,11)8-4-3-5-9-7-8/h2-5,7H,1,6H2. The summed E-state index contributed by atoms with van der Waals surface area (Å²) >= 11 is 0. The van der Waals surface area contributed by atoms with Crippen LogP contribution < -0.4 is 0 Å². The largest absolute Gasteiger partial charge is 0.263 e. The van der Waals surface area contributed by atoms with Crippen molar-refractivity contribution < 1.29 is 8.42 Å². The first-order valence-electron chi connectivity index (χ1n) is 3.40. The fourth-order valence-electron chi connectivity index (χ4n) is 0.782.